The highest BCUT2D eigenvalue weighted by Gasteiger charge is 2.33. The summed E-state index contributed by atoms with van der Waals surface area (Å²) in [5.74, 6) is -1.43. The number of Topliss-reactive ketones (excluding diaryl/α,β-unsaturated/α-hetero) is 1. The van der Waals surface area contributed by atoms with Gasteiger partial charge in [0.2, 0.25) is 0 Å². The third-order valence-corrected chi connectivity index (χ3v) is 2.61. The molecule has 1 N–H and O–H groups in total. The molecule has 0 aromatic rings. The Morgan fingerprint density at radius 2 is 1.67 bits per heavy atom. The highest BCUT2D eigenvalue weighted by molar-refractivity contribution is 5.84. The zero-order chi connectivity index (χ0) is 9.14. The van der Waals surface area contributed by atoms with Crippen molar-refractivity contribution in [1.82, 2.24) is 0 Å². The minimum atomic E-state index is -0.810. The standard InChI is InChI=1S/C9H14O3/c1-6(10)7-4-2-3-5-8(7)9(11)12/h7-8H,2-5H2,1H3,(H,11,12)/t7-,8+/m0/s1. The molecule has 1 aliphatic carbocycles. The first-order valence-corrected chi connectivity index (χ1v) is 4.36. The van der Waals surface area contributed by atoms with Crippen LogP contribution in [0.4, 0.5) is 0 Å². The van der Waals surface area contributed by atoms with E-state index in [2.05, 4.69) is 0 Å². The fraction of sp³-hybridized carbons (Fsp3) is 0.778. The summed E-state index contributed by atoms with van der Waals surface area (Å²) >= 11 is 0. The van der Waals surface area contributed by atoms with E-state index in [0.717, 1.165) is 19.3 Å². The predicted octanol–water partition coefficient (Wildman–Crippen LogP) is 1.47. The minimum absolute atomic E-state index is 0.0297. The Balaban J connectivity index is 2.67. The van der Waals surface area contributed by atoms with Crippen LogP contribution in [0, 0.1) is 11.8 Å². The van der Waals surface area contributed by atoms with Crippen molar-refractivity contribution in [1.29, 1.82) is 0 Å². The molecule has 1 saturated carbocycles. The fourth-order valence-corrected chi connectivity index (χ4v) is 1.91. The second kappa shape index (κ2) is 3.70. The number of rotatable bonds is 2. The summed E-state index contributed by atoms with van der Waals surface area (Å²) < 4.78 is 0. The maximum Gasteiger partial charge on any atom is 0.307 e. The van der Waals surface area contributed by atoms with Crippen molar-refractivity contribution in [2.45, 2.75) is 32.6 Å². The zero-order valence-electron chi connectivity index (χ0n) is 7.25. The lowest BCUT2D eigenvalue weighted by Crippen LogP contribution is -2.31. The smallest absolute Gasteiger partial charge is 0.307 e. The van der Waals surface area contributed by atoms with Crippen LogP contribution in [0.25, 0.3) is 0 Å². The summed E-state index contributed by atoms with van der Waals surface area (Å²) in [6, 6.07) is 0. The molecule has 0 saturated heterocycles. The molecule has 1 rings (SSSR count). The first-order valence-electron chi connectivity index (χ1n) is 4.36. The summed E-state index contributed by atoms with van der Waals surface area (Å²) in [4.78, 5) is 21.8. The van der Waals surface area contributed by atoms with E-state index in [9.17, 15) is 9.59 Å². The van der Waals surface area contributed by atoms with Crippen molar-refractivity contribution in [2.24, 2.45) is 11.8 Å². The number of carbonyl (C=O) groups excluding carboxylic acids is 1. The lowest BCUT2D eigenvalue weighted by atomic mass is 9.77. The van der Waals surface area contributed by atoms with Crippen LogP contribution >= 0.6 is 0 Å². The SMILES string of the molecule is CC(=O)[C@@H]1CCCC[C@H]1C(=O)O. The maximum atomic E-state index is 11.1. The molecule has 3 heteroatoms. The van der Waals surface area contributed by atoms with Gasteiger partial charge in [0.15, 0.2) is 0 Å². The van der Waals surface area contributed by atoms with Crippen molar-refractivity contribution in [3.05, 3.63) is 0 Å². The first kappa shape index (κ1) is 9.23. The number of ketones is 1. The third kappa shape index (κ3) is 1.84. The molecule has 1 aliphatic rings. The number of carboxylic acid groups (broad SMARTS) is 1. The lowest BCUT2D eigenvalue weighted by Gasteiger charge is -2.25. The molecule has 2 atom stereocenters. The van der Waals surface area contributed by atoms with E-state index in [4.69, 9.17) is 5.11 Å². The Kier molecular flexibility index (Phi) is 2.84. The van der Waals surface area contributed by atoms with E-state index < -0.39 is 11.9 Å². The Morgan fingerprint density at radius 1 is 1.17 bits per heavy atom. The van der Waals surface area contributed by atoms with Crippen molar-refractivity contribution in [2.75, 3.05) is 0 Å². The average molecular weight is 170 g/mol. The van der Waals surface area contributed by atoms with Gasteiger partial charge in [0.05, 0.1) is 5.92 Å². The van der Waals surface area contributed by atoms with Crippen molar-refractivity contribution in [3.8, 4) is 0 Å². The predicted molar refractivity (Wildman–Crippen MR) is 43.8 cm³/mol. The molecular formula is C9H14O3. The van der Waals surface area contributed by atoms with Gasteiger partial charge in [-0.3, -0.25) is 9.59 Å². The van der Waals surface area contributed by atoms with E-state index in [1.165, 1.54) is 6.92 Å². The highest BCUT2D eigenvalue weighted by atomic mass is 16.4. The monoisotopic (exact) mass is 170 g/mol. The molecule has 0 aromatic carbocycles. The average Bonchev–Trinajstić information content (AvgIpc) is 2.04. The molecule has 0 radical (unpaired) electrons. The van der Waals surface area contributed by atoms with Gasteiger partial charge in [0, 0.05) is 5.92 Å². The number of aliphatic carboxylic acids is 1. The molecule has 0 spiro atoms. The van der Waals surface area contributed by atoms with Crippen LogP contribution < -0.4 is 0 Å². The Morgan fingerprint density at radius 3 is 2.00 bits per heavy atom. The van der Waals surface area contributed by atoms with Gasteiger partial charge in [-0.15, -0.1) is 0 Å². The van der Waals surface area contributed by atoms with Gasteiger partial charge in [0.1, 0.15) is 5.78 Å². The van der Waals surface area contributed by atoms with Crippen LogP contribution in [0.3, 0.4) is 0 Å². The van der Waals surface area contributed by atoms with E-state index >= 15 is 0 Å². The van der Waals surface area contributed by atoms with Gasteiger partial charge in [0.25, 0.3) is 0 Å². The molecule has 0 aromatic heterocycles. The molecule has 68 valence electrons. The molecule has 0 bridgehead atoms. The molecule has 0 aliphatic heterocycles. The fourth-order valence-electron chi connectivity index (χ4n) is 1.91. The zero-order valence-corrected chi connectivity index (χ0v) is 7.25. The van der Waals surface area contributed by atoms with Crippen LogP contribution in [0.2, 0.25) is 0 Å². The van der Waals surface area contributed by atoms with Crippen LogP contribution in [0.15, 0.2) is 0 Å². The Labute approximate surface area is 71.8 Å². The van der Waals surface area contributed by atoms with Gasteiger partial charge in [-0.1, -0.05) is 12.8 Å². The second-order valence-electron chi connectivity index (χ2n) is 3.45. The summed E-state index contributed by atoms with van der Waals surface area (Å²) in [5, 5.41) is 8.81. The van der Waals surface area contributed by atoms with Crippen molar-refractivity contribution < 1.29 is 14.7 Å². The van der Waals surface area contributed by atoms with Crippen LogP contribution in [-0.4, -0.2) is 16.9 Å². The summed E-state index contributed by atoms with van der Waals surface area (Å²) in [6.07, 6.45) is 3.36. The van der Waals surface area contributed by atoms with Crippen molar-refractivity contribution in [3.63, 3.8) is 0 Å². The highest BCUT2D eigenvalue weighted by Crippen LogP contribution is 2.30. The van der Waals surface area contributed by atoms with Crippen molar-refractivity contribution >= 4 is 11.8 Å². The molecule has 0 heterocycles. The summed E-state index contributed by atoms with van der Waals surface area (Å²) in [7, 11) is 0. The summed E-state index contributed by atoms with van der Waals surface area (Å²) in [5.41, 5.74) is 0. The first-order chi connectivity index (χ1) is 5.63. The van der Waals surface area contributed by atoms with Gasteiger partial charge in [-0.25, -0.2) is 0 Å². The van der Waals surface area contributed by atoms with E-state index in [0.29, 0.717) is 6.42 Å². The van der Waals surface area contributed by atoms with E-state index in [1.54, 1.807) is 0 Å². The molecule has 3 nitrogen and oxygen atoms in total. The minimum Gasteiger partial charge on any atom is -0.481 e. The summed E-state index contributed by atoms with van der Waals surface area (Å²) in [6.45, 7) is 1.49. The van der Waals surface area contributed by atoms with Gasteiger partial charge in [-0.05, 0) is 19.8 Å². The van der Waals surface area contributed by atoms with Crippen LogP contribution in [0.1, 0.15) is 32.6 Å². The van der Waals surface area contributed by atoms with Crippen LogP contribution in [0.5, 0.6) is 0 Å². The Bertz CT molecular complexity index is 176. The van der Waals surface area contributed by atoms with Crippen LogP contribution in [-0.2, 0) is 9.59 Å². The van der Waals surface area contributed by atoms with Gasteiger partial charge < -0.3 is 5.11 Å². The number of carboxylic acids is 1. The number of carbonyl (C=O) groups is 2. The molecule has 12 heavy (non-hydrogen) atoms. The van der Waals surface area contributed by atoms with Gasteiger partial charge in [-0.2, -0.15) is 0 Å². The topological polar surface area (TPSA) is 54.4 Å². The van der Waals surface area contributed by atoms with Gasteiger partial charge >= 0.3 is 5.97 Å². The number of hydrogen-bond acceptors (Lipinski definition) is 2. The molecule has 1 fully saturated rings. The quantitative estimate of drug-likeness (QED) is 0.682. The number of hydrogen-bond donors (Lipinski definition) is 1. The Hall–Kier alpha value is -0.860. The maximum absolute atomic E-state index is 11.1. The van der Waals surface area contributed by atoms with E-state index in [-0.39, 0.29) is 11.7 Å². The lowest BCUT2D eigenvalue weighted by molar-refractivity contribution is -0.148. The molecule has 0 unspecified atom stereocenters. The normalized spacial score (nSPS) is 29.8. The third-order valence-electron chi connectivity index (χ3n) is 2.61. The molecule has 0 amide bonds. The van der Waals surface area contributed by atoms with E-state index in [1.807, 2.05) is 0 Å². The second-order valence-corrected chi connectivity index (χ2v) is 3.45. The molecular weight excluding hydrogens is 156 g/mol. The largest absolute Gasteiger partial charge is 0.481 e.